The highest BCUT2D eigenvalue weighted by Crippen LogP contribution is 1.98. The first-order chi connectivity index (χ1) is 5.93. The molecule has 0 spiro atoms. The zero-order valence-corrected chi connectivity index (χ0v) is 7.38. The van der Waals surface area contributed by atoms with Crippen LogP contribution >= 0.6 is 0 Å². The van der Waals surface area contributed by atoms with Crippen molar-refractivity contribution in [3.05, 3.63) is 24.4 Å². The summed E-state index contributed by atoms with van der Waals surface area (Å²) in [6, 6.07) is 5.87. The molecule has 0 saturated carbocycles. The van der Waals surface area contributed by atoms with E-state index in [9.17, 15) is 0 Å². The average molecular weight is 165 g/mol. The molecule has 0 saturated heterocycles. The molecular formula is C9H15N3. The highest BCUT2D eigenvalue weighted by molar-refractivity contribution is 5.32. The van der Waals surface area contributed by atoms with Crippen molar-refractivity contribution in [3.8, 4) is 0 Å². The van der Waals surface area contributed by atoms with Gasteiger partial charge in [-0.25, -0.2) is 4.98 Å². The predicted octanol–water partition coefficient (Wildman–Crippen LogP) is 1.10. The lowest BCUT2D eigenvalue weighted by molar-refractivity contribution is 0.747. The Bertz CT molecular complexity index is 198. The van der Waals surface area contributed by atoms with E-state index >= 15 is 0 Å². The Morgan fingerprint density at radius 2 is 2.25 bits per heavy atom. The highest BCUT2D eigenvalue weighted by atomic mass is 15.0. The van der Waals surface area contributed by atoms with Crippen LogP contribution in [-0.2, 0) is 0 Å². The minimum absolute atomic E-state index is 0.952. The van der Waals surface area contributed by atoms with E-state index in [1.165, 1.54) is 0 Å². The number of pyridine rings is 1. The zero-order valence-electron chi connectivity index (χ0n) is 7.38. The fourth-order valence-corrected chi connectivity index (χ4v) is 0.949. The van der Waals surface area contributed by atoms with Gasteiger partial charge >= 0.3 is 0 Å². The first-order valence-corrected chi connectivity index (χ1v) is 4.23. The van der Waals surface area contributed by atoms with Gasteiger partial charge in [-0.1, -0.05) is 6.07 Å². The third-order valence-corrected chi connectivity index (χ3v) is 1.57. The van der Waals surface area contributed by atoms with Crippen molar-refractivity contribution in [2.75, 3.05) is 25.5 Å². The number of aromatic nitrogens is 1. The Kier molecular flexibility index (Phi) is 4.16. The van der Waals surface area contributed by atoms with Gasteiger partial charge in [-0.05, 0) is 32.1 Å². The van der Waals surface area contributed by atoms with Crippen LogP contribution in [0.1, 0.15) is 6.42 Å². The highest BCUT2D eigenvalue weighted by Gasteiger charge is 1.88. The van der Waals surface area contributed by atoms with Crippen molar-refractivity contribution in [2.24, 2.45) is 0 Å². The predicted molar refractivity (Wildman–Crippen MR) is 51.3 cm³/mol. The van der Waals surface area contributed by atoms with Gasteiger partial charge < -0.3 is 10.6 Å². The Morgan fingerprint density at radius 3 is 2.92 bits per heavy atom. The van der Waals surface area contributed by atoms with Crippen molar-refractivity contribution in [3.63, 3.8) is 0 Å². The van der Waals surface area contributed by atoms with Crippen LogP contribution in [-0.4, -0.2) is 25.1 Å². The molecule has 3 nitrogen and oxygen atoms in total. The molecule has 66 valence electrons. The maximum atomic E-state index is 4.14. The zero-order chi connectivity index (χ0) is 8.65. The Hall–Kier alpha value is -1.09. The molecule has 1 rings (SSSR count). The van der Waals surface area contributed by atoms with Gasteiger partial charge in [-0.15, -0.1) is 0 Å². The second-order valence-corrected chi connectivity index (χ2v) is 2.60. The first kappa shape index (κ1) is 9.00. The molecule has 1 heterocycles. The van der Waals surface area contributed by atoms with E-state index in [-0.39, 0.29) is 0 Å². The van der Waals surface area contributed by atoms with Crippen LogP contribution in [0.4, 0.5) is 5.82 Å². The summed E-state index contributed by atoms with van der Waals surface area (Å²) in [7, 11) is 1.96. The molecule has 0 aliphatic carbocycles. The summed E-state index contributed by atoms with van der Waals surface area (Å²) in [6.07, 6.45) is 2.91. The second kappa shape index (κ2) is 5.55. The van der Waals surface area contributed by atoms with E-state index in [1.54, 1.807) is 6.20 Å². The number of anilines is 1. The molecule has 0 aliphatic heterocycles. The third-order valence-electron chi connectivity index (χ3n) is 1.57. The molecule has 0 bridgehead atoms. The molecule has 12 heavy (non-hydrogen) atoms. The Morgan fingerprint density at radius 1 is 1.33 bits per heavy atom. The molecular weight excluding hydrogens is 150 g/mol. The number of hydrogen-bond donors (Lipinski definition) is 2. The van der Waals surface area contributed by atoms with Gasteiger partial charge in [0, 0.05) is 12.7 Å². The molecule has 0 radical (unpaired) electrons. The smallest absolute Gasteiger partial charge is 0.125 e. The standard InChI is InChI=1S/C9H15N3/c1-10-6-4-8-12-9-5-2-3-7-11-9/h2-3,5,7,10H,4,6,8H2,1H3,(H,11,12). The van der Waals surface area contributed by atoms with Crippen LogP contribution in [0, 0.1) is 0 Å². The molecule has 1 aromatic heterocycles. The molecule has 0 aliphatic rings. The topological polar surface area (TPSA) is 37.0 Å². The van der Waals surface area contributed by atoms with E-state index in [4.69, 9.17) is 0 Å². The van der Waals surface area contributed by atoms with Gasteiger partial charge in [0.05, 0.1) is 0 Å². The molecule has 0 aromatic carbocycles. The summed E-state index contributed by atoms with van der Waals surface area (Å²) >= 11 is 0. The minimum Gasteiger partial charge on any atom is -0.370 e. The van der Waals surface area contributed by atoms with Crippen molar-refractivity contribution >= 4 is 5.82 Å². The first-order valence-electron chi connectivity index (χ1n) is 4.23. The monoisotopic (exact) mass is 165 g/mol. The van der Waals surface area contributed by atoms with Gasteiger partial charge in [0.25, 0.3) is 0 Å². The summed E-state index contributed by atoms with van der Waals surface area (Å²) in [5.41, 5.74) is 0. The second-order valence-electron chi connectivity index (χ2n) is 2.60. The van der Waals surface area contributed by atoms with E-state index in [1.807, 2.05) is 25.2 Å². The van der Waals surface area contributed by atoms with Crippen molar-refractivity contribution in [2.45, 2.75) is 6.42 Å². The molecule has 0 unspecified atom stereocenters. The van der Waals surface area contributed by atoms with Crippen LogP contribution in [0.3, 0.4) is 0 Å². The maximum Gasteiger partial charge on any atom is 0.125 e. The molecule has 3 heteroatoms. The number of hydrogen-bond acceptors (Lipinski definition) is 3. The summed E-state index contributed by atoms with van der Waals surface area (Å²) in [5, 5.41) is 6.32. The third kappa shape index (κ3) is 3.34. The van der Waals surface area contributed by atoms with Gasteiger partial charge in [0.15, 0.2) is 0 Å². The fraction of sp³-hybridized carbons (Fsp3) is 0.444. The lowest BCUT2D eigenvalue weighted by Crippen LogP contribution is -2.13. The summed E-state index contributed by atoms with van der Waals surface area (Å²) in [4.78, 5) is 4.14. The average Bonchev–Trinajstić information content (AvgIpc) is 2.14. The minimum atomic E-state index is 0.952. The molecule has 1 aromatic rings. The summed E-state index contributed by atoms with van der Waals surface area (Å²) in [6.45, 7) is 2.01. The van der Waals surface area contributed by atoms with Gasteiger partial charge in [0.1, 0.15) is 5.82 Å². The fourth-order valence-electron chi connectivity index (χ4n) is 0.949. The molecule has 0 fully saturated rings. The van der Waals surface area contributed by atoms with Gasteiger partial charge in [-0.3, -0.25) is 0 Å². The Balaban J connectivity index is 2.16. The van der Waals surface area contributed by atoms with Crippen LogP contribution in [0.2, 0.25) is 0 Å². The van der Waals surface area contributed by atoms with Crippen molar-refractivity contribution in [1.82, 2.24) is 10.3 Å². The quantitative estimate of drug-likeness (QED) is 0.642. The van der Waals surface area contributed by atoms with Crippen molar-refractivity contribution < 1.29 is 0 Å². The van der Waals surface area contributed by atoms with E-state index in [0.29, 0.717) is 0 Å². The van der Waals surface area contributed by atoms with Crippen LogP contribution in [0.25, 0.3) is 0 Å². The van der Waals surface area contributed by atoms with E-state index < -0.39 is 0 Å². The van der Waals surface area contributed by atoms with Crippen LogP contribution in [0.15, 0.2) is 24.4 Å². The number of nitrogens with zero attached hydrogens (tertiary/aromatic N) is 1. The SMILES string of the molecule is CNCCCNc1ccccn1. The van der Waals surface area contributed by atoms with E-state index in [2.05, 4.69) is 15.6 Å². The normalized spacial score (nSPS) is 9.75. The maximum absolute atomic E-state index is 4.14. The van der Waals surface area contributed by atoms with Gasteiger partial charge in [0.2, 0.25) is 0 Å². The largest absolute Gasteiger partial charge is 0.370 e. The van der Waals surface area contributed by atoms with Crippen LogP contribution in [0.5, 0.6) is 0 Å². The molecule has 0 atom stereocenters. The number of rotatable bonds is 5. The van der Waals surface area contributed by atoms with Crippen molar-refractivity contribution in [1.29, 1.82) is 0 Å². The summed E-state index contributed by atoms with van der Waals surface area (Å²) < 4.78 is 0. The Labute approximate surface area is 73.2 Å². The lowest BCUT2D eigenvalue weighted by atomic mass is 10.4. The summed E-state index contributed by atoms with van der Waals surface area (Å²) in [5.74, 6) is 0.952. The van der Waals surface area contributed by atoms with Gasteiger partial charge in [-0.2, -0.15) is 0 Å². The molecule has 2 N–H and O–H groups in total. The molecule has 0 amide bonds. The lowest BCUT2D eigenvalue weighted by Gasteiger charge is -2.03. The van der Waals surface area contributed by atoms with Crippen LogP contribution < -0.4 is 10.6 Å². The van der Waals surface area contributed by atoms with E-state index in [0.717, 1.165) is 25.3 Å². The number of nitrogens with one attached hydrogen (secondary N) is 2.